The summed E-state index contributed by atoms with van der Waals surface area (Å²) in [7, 11) is 0. The van der Waals surface area contributed by atoms with E-state index in [-0.39, 0.29) is 12.0 Å². The summed E-state index contributed by atoms with van der Waals surface area (Å²) in [5, 5.41) is 14.9. The Bertz CT molecular complexity index is 695. The number of hydrogen-bond acceptors (Lipinski definition) is 3. The Labute approximate surface area is 149 Å². The normalized spacial score (nSPS) is 20.4. The van der Waals surface area contributed by atoms with Crippen LogP contribution >= 0.6 is 0 Å². The van der Waals surface area contributed by atoms with Gasteiger partial charge in [-0.1, -0.05) is 42.8 Å². The largest absolute Gasteiger partial charge is 0.493 e. The van der Waals surface area contributed by atoms with Gasteiger partial charge in [-0.15, -0.1) is 0 Å². The molecule has 2 atom stereocenters. The van der Waals surface area contributed by atoms with Gasteiger partial charge in [-0.25, -0.2) is 0 Å². The molecule has 2 unspecified atom stereocenters. The number of nitrogens with one attached hydrogen (secondary N) is 1. The lowest BCUT2D eigenvalue weighted by Gasteiger charge is -2.25. The lowest BCUT2D eigenvalue weighted by Crippen LogP contribution is -2.33. The highest BCUT2D eigenvalue weighted by atomic mass is 16.5. The van der Waals surface area contributed by atoms with Gasteiger partial charge >= 0.3 is 0 Å². The van der Waals surface area contributed by atoms with Gasteiger partial charge in [-0.3, -0.25) is 4.79 Å². The topological polar surface area (TPSA) is 58.6 Å². The average molecular weight is 341 g/mol. The summed E-state index contributed by atoms with van der Waals surface area (Å²) in [5.41, 5.74) is 0. The molecule has 1 saturated carbocycles. The van der Waals surface area contributed by atoms with Crippen molar-refractivity contribution < 1.29 is 14.6 Å². The highest BCUT2D eigenvalue weighted by Gasteiger charge is 2.20. The summed E-state index contributed by atoms with van der Waals surface area (Å²) < 4.78 is 5.87. The number of rotatable bonds is 7. The van der Waals surface area contributed by atoms with Crippen molar-refractivity contribution >= 4 is 16.7 Å². The lowest BCUT2D eigenvalue weighted by atomic mass is 9.87. The molecule has 0 aliphatic heterocycles. The molecule has 0 bridgehead atoms. The number of hydrogen-bond donors (Lipinski definition) is 2. The van der Waals surface area contributed by atoms with Crippen LogP contribution in [0.1, 0.15) is 38.5 Å². The summed E-state index contributed by atoms with van der Waals surface area (Å²) in [6.45, 7) is 1.21. The molecule has 1 fully saturated rings. The molecule has 1 amide bonds. The number of benzene rings is 2. The van der Waals surface area contributed by atoms with Crippen LogP contribution in [0.3, 0.4) is 0 Å². The molecule has 0 saturated heterocycles. The van der Waals surface area contributed by atoms with Crippen LogP contribution in [-0.2, 0) is 4.79 Å². The van der Waals surface area contributed by atoms with Gasteiger partial charge in [-0.2, -0.15) is 0 Å². The van der Waals surface area contributed by atoms with E-state index in [9.17, 15) is 9.90 Å². The summed E-state index contributed by atoms with van der Waals surface area (Å²) >= 11 is 0. The molecule has 0 spiro atoms. The van der Waals surface area contributed by atoms with Crippen molar-refractivity contribution in [1.29, 1.82) is 0 Å². The average Bonchev–Trinajstić information content (AvgIpc) is 2.64. The summed E-state index contributed by atoms with van der Waals surface area (Å²) in [6, 6.07) is 14.2. The third-order valence-electron chi connectivity index (χ3n) is 4.90. The van der Waals surface area contributed by atoms with Crippen LogP contribution in [0.5, 0.6) is 5.75 Å². The van der Waals surface area contributed by atoms with Gasteiger partial charge in [0.25, 0.3) is 0 Å². The minimum Gasteiger partial charge on any atom is -0.493 e. The molecule has 2 aromatic rings. The maximum atomic E-state index is 12.0. The van der Waals surface area contributed by atoms with E-state index < -0.39 is 0 Å². The zero-order chi connectivity index (χ0) is 17.5. The van der Waals surface area contributed by atoms with Crippen LogP contribution < -0.4 is 10.1 Å². The van der Waals surface area contributed by atoms with E-state index >= 15 is 0 Å². The van der Waals surface area contributed by atoms with Crippen molar-refractivity contribution in [2.45, 2.75) is 44.6 Å². The van der Waals surface area contributed by atoms with E-state index in [1.165, 1.54) is 0 Å². The van der Waals surface area contributed by atoms with Gasteiger partial charge in [0.1, 0.15) is 5.75 Å². The first-order valence-electron chi connectivity index (χ1n) is 9.27. The Morgan fingerprint density at radius 2 is 2.00 bits per heavy atom. The third kappa shape index (κ3) is 5.20. The van der Waals surface area contributed by atoms with Crippen molar-refractivity contribution in [3.63, 3.8) is 0 Å². The number of aliphatic hydroxyl groups excluding tert-OH is 1. The molecule has 4 nitrogen and oxygen atoms in total. The van der Waals surface area contributed by atoms with Gasteiger partial charge in [-0.05, 0) is 43.1 Å². The van der Waals surface area contributed by atoms with Crippen molar-refractivity contribution in [1.82, 2.24) is 5.32 Å². The molecule has 25 heavy (non-hydrogen) atoms. The fourth-order valence-electron chi connectivity index (χ4n) is 3.53. The molecule has 0 aromatic heterocycles. The quantitative estimate of drug-likeness (QED) is 0.756. The van der Waals surface area contributed by atoms with Crippen molar-refractivity contribution in [3.8, 4) is 5.75 Å². The minimum absolute atomic E-state index is 0.0709. The maximum absolute atomic E-state index is 12.0. The molecule has 1 aliphatic carbocycles. The van der Waals surface area contributed by atoms with E-state index in [1.54, 1.807) is 0 Å². The number of fused-ring (bicyclic) bond motifs is 1. The van der Waals surface area contributed by atoms with Gasteiger partial charge < -0.3 is 15.2 Å². The Balaban J connectivity index is 1.37. The second-order valence-electron chi connectivity index (χ2n) is 6.92. The zero-order valence-corrected chi connectivity index (χ0v) is 14.6. The highest BCUT2D eigenvalue weighted by molar-refractivity contribution is 5.88. The second-order valence-corrected chi connectivity index (χ2v) is 6.92. The zero-order valence-electron chi connectivity index (χ0n) is 14.6. The Morgan fingerprint density at radius 1 is 1.16 bits per heavy atom. The molecule has 4 heteroatoms. The predicted octanol–water partition coefficient (Wildman–Crippen LogP) is 3.67. The molecular formula is C21H27NO3. The van der Waals surface area contributed by atoms with Gasteiger partial charge in [0.2, 0.25) is 5.91 Å². The van der Waals surface area contributed by atoms with Crippen LogP contribution in [0.25, 0.3) is 10.8 Å². The molecule has 2 aromatic carbocycles. The molecule has 2 N–H and O–H groups in total. The molecule has 1 aliphatic rings. The SMILES string of the molecule is O=C(CCCOc1cccc2ccccc12)NCC1CCCC(O)C1. The molecule has 0 heterocycles. The third-order valence-corrected chi connectivity index (χ3v) is 4.90. The van der Waals surface area contributed by atoms with Crippen LogP contribution in [-0.4, -0.2) is 30.3 Å². The fourth-order valence-corrected chi connectivity index (χ4v) is 3.53. The van der Waals surface area contributed by atoms with E-state index in [0.717, 1.165) is 42.2 Å². The number of aliphatic hydroxyl groups is 1. The van der Waals surface area contributed by atoms with E-state index in [0.29, 0.717) is 31.9 Å². The standard InChI is InChI=1S/C21H27NO3/c23-18-9-3-6-16(14-18)15-22-21(24)12-5-13-25-20-11-4-8-17-7-1-2-10-19(17)20/h1-2,4,7-8,10-11,16,18,23H,3,5-6,9,12-15H2,(H,22,24). The monoisotopic (exact) mass is 341 g/mol. The first kappa shape index (κ1) is 17.7. The van der Waals surface area contributed by atoms with Crippen LogP contribution in [0, 0.1) is 5.92 Å². The fraction of sp³-hybridized carbons (Fsp3) is 0.476. The smallest absolute Gasteiger partial charge is 0.220 e. The first-order chi connectivity index (χ1) is 12.2. The molecule has 3 rings (SSSR count). The number of amides is 1. The molecular weight excluding hydrogens is 314 g/mol. The second kappa shape index (κ2) is 8.86. The summed E-state index contributed by atoms with van der Waals surface area (Å²) in [6.07, 6.45) is 4.84. The van der Waals surface area contributed by atoms with Crippen LogP contribution in [0.2, 0.25) is 0 Å². The van der Waals surface area contributed by atoms with Crippen molar-refractivity contribution in [2.24, 2.45) is 5.92 Å². The number of ether oxygens (including phenoxy) is 1. The van der Waals surface area contributed by atoms with Gasteiger partial charge in [0.15, 0.2) is 0 Å². The van der Waals surface area contributed by atoms with Gasteiger partial charge in [0, 0.05) is 18.4 Å². The predicted molar refractivity (Wildman–Crippen MR) is 99.7 cm³/mol. The maximum Gasteiger partial charge on any atom is 0.220 e. The summed E-state index contributed by atoms with van der Waals surface area (Å²) in [4.78, 5) is 12.0. The van der Waals surface area contributed by atoms with Crippen molar-refractivity contribution in [2.75, 3.05) is 13.2 Å². The molecule has 134 valence electrons. The van der Waals surface area contributed by atoms with Crippen molar-refractivity contribution in [3.05, 3.63) is 42.5 Å². The van der Waals surface area contributed by atoms with E-state index in [2.05, 4.69) is 23.5 Å². The highest BCUT2D eigenvalue weighted by Crippen LogP contribution is 2.25. The van der Waals surface area contributed by atoms with E-state index in [4.69, 9.17) is 4.74 Å². The summed E-state index contributed by atoms with van der Waals surface area (Å²) in [5.74, 6) is 1.36. The Hall–Kier alpha value is -2.07. The minimum atomic E-state index is -0.190. The number of carbonyl (C=O) groups is 1. The van der Waals surface area contributed by atoms with Crippen LogP contribution in [0.4, 0.5) is 0 Å². The Morgan fingerprint density at radius 3 is 2.88 bits per heavy atom. The number of carbonyl (C=O) groups excluding carboxylic acids is 1. The van der Waals surface area contributed by atoms with E-state index in [1.807, 2.05) is 24.3 Å². The van der Waals surface area contributed by atoms with Crippen LogP contribution in [0.15, 0.2) is 42.5 Å². The first-order valence-corrected chi connectivity index (χ1v) is 9.27. The lowest BCUT2D eigenvalue weighted by molar-refractivity contribution is -0.121. The molecule has 0 radical (unpaired) electrons. The van der Waals surface area contributed by atoms with Gasteiger partial charge in [0.05, 0.1) is 12.7 Å². The Kier molecular flexibility index (Phi) is 6.29.